The molecular formula is C13H9BrO2S2. The van der Waals surface area contributed by atoms with Gasteiger partial charge in [-0.1, -0.05) is 0 Å². The Morgan fingerprint density at radius 3 is 2.56 bits per heavy atom. The van der Waals surface area contributed by atoms with Crippen LogP contribution in [0.2, 0.25) is 0 Å². The van der Waals surface area contributed by atoms with E-state index >= 15 is 0 Å². The van der Waals surface area contributed by atoms with E-state index in [1.54, 1.807) is 22.7 Å². The second-order valence-electron chi connectivity index (χ2n) is 3.94. The van der Waals surface area contributed by atoms with E-state index in [4.69, 9.17) is 4.74 Å². The third kappa shape index (κ3) is 2.18. The molecule has 0 saturated heterocycles. The molecule has 2 aromatic heterocycles. The monoisotopic (exact) mass is 340 g/mol. The molecule has 0 unspecified atom stereocenters. The first-order valence-electron chi connectivity index (χ1n) is 5.34. The SMILES string of the molecule is COC(=O)Cc1cc2cc3sc(Br)cc3cc2s1. The Bertz CT molecular complexity index is 691. The standard InChI is InChI=1S/C13H9BrO2S2/c1-16-13(15)6-9-2-7-3-11-8(4-10(7)17-9)5-12(14)18-11/h2-5H,6H2,1H3. The van der Waals surface area contributed by atoms with Crippen molar-refractivity contribution < 1.29 is 9.53 Å². The Hall–Kier alpha value is -0.910. The summed E-state index contributed by atoms with van der Waals surface area (Å²) in [6.45, 7) is 0. The molecule has 0 aliphatic carbocycles. The number of esters is 1. The number of hydrogen-bond acceptors (Lipinski definition) is 4. The van der Waals surface area contributed by atoms with Crippen LogP contribution in [0.1, 0.15) is 4.88 Å². The highest BCUT2D eigenvalue weighted by atomic mass is 79.9. The van der Waals surface area contributed by atoms with Crippen LogP contribution in [0.5, 0.6) is 0 Å². The van der Waals surface area contributed by atoms with E-state index in [2.05, 4.69) is 40.2 Å². The van der Waals surface area contributed by atoms with E-state index in [0.29, 0.717) is 6.42 Å². The summed E-state index contributed by atoms with van der Waals surface area (Å²) in [7, 11) is 1.42. The molecule has 3 aromatic rings. The van der Waals surface area contributed by atoms with Crippen molar-refractivity contribution in [2.75, 3.05) is 7.11 Å². The van der Waals surface area contributed by atoms with Gasteiger partial charge >= 0.3 is 5.97 Å². The van der Waals surface area contributed by atoms with Gasteiger partial charge in [-0.25, -0.2) is 0 Å². The van der Waals surface area contributed by atoms with Crippen LogP contribution in [0.4, 0.5) is 0 Å². The predicted molar refractivity (Wildman–Crippen MR) is 80.6 cm³/mol. The van der Waals surface area contributed by atoms with Crippen molar-refractivity contribution in [2.45, 2.75) is 6.42 Å². The first kappa shape index (κ1) is 12.1. The number of carbonyl (C=O) groups is 1. The average Bonchev–Trinajstić information content (AvgIpc) is 2.86. The fourth-order valence-corrected chi connectivity index (χ4v) is 4.56. The first-order valence-corrected chi connectivity index (χ1v) is 7.76. The molecule has 0 radical (unpaired) electrons. The summed E-state index contributed by atoms with van der Waals surface area (Å²) in [5.41, 5.74) is 0. The Morgan fingerprint density at radius 2 is 1.83 bits per heavy atom. The number of methoxy groups -OCH3 is 1. The van der Waals surface area contributed by atoms with Gasteiger partial charge in [-0.05, 0) is 51.0 Å². The van der Waals surface area contributed by atoms with Crippen molar-refractivity contribution >= 4 is 64.7 Å². The molecular weight excluding hydrogens is 332 g/mol. The molecule has 5 heteroatoms. The molecule has 2 nitrogen and oxygen atoms in total. The number of thiophene rings is 2. The van der Waals surface area contributed by atoms with Crippen molar-refractivity contribution in [3.8, 4) is 0 Å². The number of halogens is 1. The van der Waals surface area contributed by atoms with Gasteiger partial charge in [-0.3, -0.25) is 4.79 Å². The topological polar surface area (TPSA) is 26.3 Å². The molecule has 0 saturated carbocycles. The van der Waals surface area contributed by atoms with Crippen molar-refractivity contribution in [3.63, 3.8) is 0 Å². The summed E-state index contributed by atoms with van der Waals surface area (Å²) in [5, 5.41) is 2.44. The zero-order valence-corrected chi connectivity index (χ0v) is 12.7. The number of rotatable bonds is 2. The third-order valence-corrected chi connectivity index (χ3v) is 5.42. The van der Waals surface area contributed by atoms with Gasteiger partial charge in [0, 0.05) is 14.3 Å². The summed E-state index contributed by atoms with van der Waals surface area (Å²) in [6, 6.07) is 8.55. The molecule has 0 fully saturated rings. The summed E-state index contributed by atoms with van der Waals surface area (Å²) in [5.74, 6) is -0.189. The van der Waals surface area contributed by atoms with Crippen LogP contribution in [0.15, 0.2) is 28.1 Å². The second kappa shape index (κ2) is 4.64. The lowest BCUT2D eigenvalue weighted by molar-refractivity contribution is -0.139. The molecule has 0 N–H and O–H groups in total. The molecule has 1 aromatic carbocycles. The van der Waals surface area contributed by atoms with Gasteiger partial charge in [-0.2, -0.15) is 0 Å². The molecule has 0 aliphatic heterocycles. The van der Waals surface area contributed by atoms with Crippen LogP contribution in [0.3, 0.4) is 0 Å². The highest BCUT2D eigenvalue weighted by Gasteiger charge is 2.09. The largest absolute Gasteiger partial charge is 0.469 e. The van der Waals surface area contributed by atoms with Gasteiger partial charge in [0.2, 0.25) is 0 Å². The quantitative estimate of drug-likeness (QED) is 0.637. The van der Waals surface area contributed by atoms with Gasteiger partial charge in [0.15, 0.2) is 0 Å². The molecule has 0 aliphatic rings. The van der Waals surface area contributed by atoms with Crippen molar-refractivity contribution in [3.05, 3.63) is 32.9 Å². The minimum absolute atomic E-state index is 0.189. The summed E-state index contributed by atoms with van der Waals surface area (Å²) >= 11 is 6.88. The maximum atomic E-state index is 11.3. The normalized spacial score (nSPS) is 11.2. The van der Waals surface area contributed by atoms with Crippen molar-refractivity contribution in [2.24, 2.45) is 0 Å². The van der Waals surface area contributed by atoms with Crippen LogP contribution in [0, 0.1) is 0 Å². The van der Waals surface area contributed by atoms with Crippen molar-refractivity contribution in [1.82, 2.24) is 0 Å². The molecule has 0 atom stereocenters. The lowest BCUT2D eigenvalue weighted by Crippen LogP contribution is -2.02. The summed E-state index contributed by atoms with van der Waals surface area (Å²) < 4.78 is 8.31. The third-order valence-electron chi connectivity index (χ3n) is 2.72. The summed E-state index contributed by atoms with van der Waals surface area (Å²) in [6.07, 6.45) is 0.354. The zero-order chi connectivity index (χ0) is 12.7. The Labute approximate surface area is 120 Å². The summed E-state index contributed by atoms with van der Waals surface area (Å²) in [4.78, 5) is 12.3. The fourth-order valence-electron chi connectivity index (χ4n) is 1.90. The molecule has 2 heterocycles. The number of hydrogen-bond donors (Lipinski definition) is 0. The maximum Gasteiger partial charge on any atom is 0.310 e. The van der Waals surface area contributed by atoms with Gasteiger partial charge in [0.05, 0.1) is 17.3 Å². The number of carbonyl (C=O) groups excluding carboxylic acids is 1. The van der Waals surface area contributed by atoms with E-state index in [1.807, 2.05) is 0 Å². The van der Waals surface area contributed by atoms with Crippen LogP contribution >= 0.6 is 38.6 Å². The van der Waals surface area contributed by atoms with Gasteiger partial charge in [-0.15, -0.1) is 22.7 Å². The molecule has 0 spiro atoms. The number of fused-ring (bicyclic) bond motifs is 2. The van der Waals surface area contributed by atoms with E-state index < -0.39 is 0 Å². The van der Waals surface area contributed by atoms with Crippen LogP contribution in [-0.2, 0) is 16.0 Å². The van der Waals surface area contributed by atoms with Crippen molar-refractivity contribution in [1.29, 1.82) is 0 Å². The fraction of sp³-hybridized carbons (Fsp3) is 0.154. The van der Waals surface area contributed by atoms with E-state index in [9.17, 15) is 4.79 Å². The average molecular weight is 341 g/mol. The molecule has 92 valence electrons. The molecule has 3 rings (SSSR count). The number of ether oxygens (including phenoxy) is 1. The van der Waals surface area contributed by atoms with Gasteiger partial charge in [0.25, 0.3) is 0 Å². The minimum Gasteiger partial charge on any atom is -0.469 e. The second-order valence-corrected chi connectivity index (χ2v) is 7.58. The van der Waals surface area contributed by atoms with E-state index in [1.165, 1.54) is 27.3 Å². The minimum atomic E-state index is -0.189. The van der Waals surface area contributed by atoms with Crippen LogP contribution in [0.25, 0.3) is 20.2 Å². The Kier molecular flexibility index (Phi) is 3.13. The van der Waals surface area contributed by atoms with Gasteiger partial charge < -0.3 is 4.74 Å². The van der Waals surface area contributed by atoms with Crippen LogP contribution in [-0.4, -0.2) is 13.1 Å². The lowest BCUT2D eigenvalue weighted by atomic mass is 10.2. The predicted octanol–water partition coefficient (Wildman–Crippen LogP) is 4.59. The lowest BCUT2D eigenvalue weighted by Gasteiger charge is -1.93. The molecule has 18 heavy (non-hydrogen) atoms. The Balaban J connectivity index is 2.09. The molecule has 0 amide bonds. The maximum absolute atomic E-state index is 11.3. The zero-order valence-electron chi connectivity index (χ0n) is 9.53. The number of benzene rings is 1. The van der Waals surface area contributed by atoms with E-state index in [-0.39, 0.29) is 5.97 Å². The van der Waals surface area contributed by atoms with Gasteiger partial charge in [0.1, 0.15) is 0 Å². The Morgan fingerprint density at radius 1 is 1.17 bits per heavy atom. The van der Waals surface area contributed by atoms with Crippen LogP contribution < -0.4 is 0 Å². The highest BCUT2D eigenvalue weighted by molar-refractivity contribution is 9.11. The smallest absolute Gasteiger partial charge is 0.310 e. The van der Waals surface area contributed by atoms with E-state index in [0.717, 1.165) is 8.66 Å². The molecule has 0 bridgehead atoms. The first-order chi connectivity index (χ1) is 8.65. The highest BCUT2D eigenvalue weighted by Crippen LogP contribution is 2.36.